The van der Waals surface area contributed by atoms with Crippen molar-refractivity contribution in [3.8, 4) is 0 Å². The summed E-state index contributed by atoms with van der Waals surface area (Å²) in [6.45, 7) is 6.64. The van der Waals surface area contributed by atoms with E-state index in [2.05, 4.69) is 57.2 Å². The van der Waals surface area contributed by atoms with Crippen LogP contribution >= 0.6 is 0 Å². The molecule has 0 heterocycles. The minimum absolute atomic E-state index is 0.0672. The first kappa shape index (κ1) is 69.6. The van der Waals surface area contributed by atoms with Gasteiger partial charge in [0.1, 0.15) is 13.2 Å². The Morgan fingerprint density at radius 1 is 0.278 bits per heavy atom. The van der Waals surface area contributed by atoms with Crippen LogP contribution in [-0.2, 0) is 28.6 Å². The first-order valence-corrected chi connectivity index (χ1v) is 32.0. The van der Waals surface area contributed by atoms with E-state index in [-0.39, 0.29) is 31.1 Å². The molecule has 0 saturated heterocycles. The molecule has 0 radical (unpaired) electrons. The van der Waals surface area contributed by atoms with Gasteiger partial charge in [-0.1, -0.05) is 308 Å². The molecule has 0 aliphatic rings. The van der Waals surface area contributed by atoms with Crippen molar-refractivity contribution in [2.75, 3.05) is 13.2 Å². The maximum atomic E-state index is 12.8. The Labute approximate surface area is 448 Å². The normalized spacial score (nSPS) is 12.2. The zero-order valence-corrected chi connectivity index (χ0v) is 48.5. The first-order chi connectivity index (χ1) is 35.5. The Kier molecular flexibility index (Phi) is 59.2. The molecule has 0 aliphatic heterocycles. The number of hydrogen-bond donors (Lipinski definition) is 0. The lowest BCUT2D eigenvalue weighted by molar-refractivity contribution is -0.167. The highest BCUT2D eigenvalue weighted by molar-refractivity contribution is 5.71. The van der Waals surface area contributed by atoms with E-state index in [0.717, 1.165) is 70.6 Å². The summed E-state index contributed by atoms with van der Waals surface area (Å²) < 4.78 is 16.8. The van der Waals surface area contributed by atoms with Gasteiger partial charge in [0.15, 0.2) is 6.10 Å². The maximum absolute atomic E-state index is 12.8. The summed E-state index contributed by atoms with van der Waals surface area (Å²) in [7, 11) is 0. The van der Waals surface area contributed by atoms with Crippen LogP contribution in [0.2, 0.25) is 0 Å². The van der Waals surface area contributed by atoms with Gasteiger partial charge < -0.3 is 14.2 Å². The number of carbonyl (C=O) groups is 3. The van der Waals surface area contributed by atoms with Crippen LogP contribution in [0.1, 0.15) is 348 Å². The van der Waals surface area contributed by atoms with E-state index in [1.54, 1.807) is 0 Å². The van der Waals surface area contributed by atoms with Gasteiger partial charge in [-0.3, -0.25) is 14.4 Å². The molecule has 0 bridgehead atoms. The number of carbonyl (C=O) groups excluding carboxylic acids is 3. The monoisotopic (exact) mass is 1010 g/mol. The third kappa shape index (κ3) is 58.5. The van der Waals surface area contributed by atoms with E-state index < -0.39 is 6.10 Å². The van der Waals surface area contributed by atoms with Crippen LogP contribution in [0.4, 0.5) is 0 Å². The molecular weight excluding hydrogens is 889 g/mol. The van der Waals surface area contributed by atoms with Gasteiger partial charge in [0.05, 0.1) is 0 Å². The van der Waals surface area contributed by atoms with E-state index in [1.165, 1.54) is 238 Å². The van der Waals surface area contributed by atoms with Crippen molar-refractivity contribution in [1.82, 2.24) is 0 Å². The third-order valence-electron chi connectivity index (χ3n) is 14.4. The van der Waals surface area contributed by atoms with Crippen molar-refractivity contribution in [3.05, 3.63) is 36.5 Å². The van der Waals surface area contributed by atoms with Crippen LogP contribution in [0.15, 0.2) is 36.5 Å². The minimum Gasteiger partial charge on any atom is -0.462 e. The van der Waals surface area contributed by atoms with Crippen molar-refractivity contribution < 1.29 is 28.6 Å². The van der Waals surface area contributed by atoms with Crippen molar-refractivity contribution in [1.29, 1.82) is 0 Å². The van der Waals surface area contributed by atoms with Crippen LogP contribution in [0.5, 0.6) is 0 Å². The zero-order chi connectivity index (χ0) is 52.2. The second kappa shape index (κ2) is 61.2. The Bertz CT molecular complexity index is 1210. The molecule has 422 valence electrons. The number of allylic oxidation sites excluding steroid dienone is 6. The standard InChI is InChI=1S/C66H122O6/c1-4-7-10-13-16-18-20-22-24-26-28-29-30-31-32-33-34-35-36-37-38-40-41-43-45-47-50-53-56-59-65(68)71-62-63(61-70-64(67)58-55-52-49-15-12-9-6-3)72-66(69)60-57-54-51-48-46-44-42-39-27-25-23-21-19-17-14-11-8-5-2/h20,22,26,28,30-31,63H,4-19,21,23-25,27,29,32-62H2,1-3H3/b22-20-,28-26-,31-30-. The van der Waals surface area contributed by atoms with Gasteiger partial charge in [-0.05, 0) is 57.8 Å². The molecular formula is C66H122O6. The summed E-state index contributed by atoms with van der Waals surface area (Å²) in [5.74, 6) is -0.852. The minimum atomic E-state index is -0.766. The largest absolute Gasteiger partial charge is 0.462 e. The molecule has 0 saturated carbocycles. The van der Waals surface area contributed by atoms with Crippen molar-refractivity contribution >= 4 is 17.9 Å². The van der Waals surface area contributed by atoms with Crippen molar-refractivity contribution in [2.24, 2.45) is 0 Å². The van der Waals surface area contributed by atoms with Gasteiger partial charge in [0.2, 0.25) is 0 Å². The summed E-state index contributed by atoms with van der Waals surface area (Å²) in [6, 6.07) is 0. The van der Waals surface area contributed by atoms with Crippen molar-refractivity contribution in [3.63, 3.8) is 0 Å². The third-order valence-corrected chi connectivity index (χ3v) is 14.4. The molecule has 0 aromatic heterocycles. The topological polar surface area (TPSA) is 78.9 Å². The van der Waals surface area contributed by atoms with E-state index in [4.69, 9.17) is 14.2 Å². The van der Waals surface area contributed by atoms with E-state index in [9.17, 15) is 14.4 Å². The molecule has 0 spiro atoms. The fraction of sp³-hybridized carbons (Fsp3) is 0.864. The summed E-state index contributed by atoms with van der Waals surface area (Å²) in [4.78, 5) is 38.0. The molecule has 0 amide bonds. The summed E-state index contributed by atoms with van der Waals surface area (Å²) in [6.07, 6.45) is 74.7. The lowest BCUT2D eigenvalue weighted by atomic mass is 10.0. The molecule has 6 nitrogen and oxygen atoms in total. The van der Waals surface area contributed by atoms with Gasteiger partial charge in [-0.25, -0.2) is 0 Å². The molecule has 0 N–H and O–H groups in total. The molecule has 0 aliphatic carbocycles. The second-order valence-electron chi connectivity index (χ2n) is 21.7. The van der Waals surface area contributed by atoms with Gasteiger partial charge in [0.25, 0.3) is 0 Å². The molecule has 0 rings (SSSR count). The molecule has 6 heteroatoms. The number of esters is 3. The number of rotatable bonds is 59. The highest BCUT2D eigenvalue weighted by atomic mass is 16.6. The molecule has 0 aromatic carbocycles. The number of hydrogen-bond acceptors (Lipinski definition) is 6. The second-order valence-corrected chi connectivity index (χ2v) is 21.7. The van der Waals surface area contributed by atoms with Crippen LogP contribution in [0, 0.1) is 0 Å². The summed E-state index contributed by atoms with van der Waals surface area (Å²) in [5.41, 5.74) is 0. The molecule has 1 unspecified atom stereocenters. The Morgan fingerprint density at radius 3 is 0.778 bits per heavy atom. The zero-order valence-electron chi connectivity index (χ0n) is 48.5. The Hall–Kier alpha value is -2.37. The van der Waals surface area contributed by atoms with Gasteiger partial charge in [0, 0.05) is 19.3 Å². The highest BCUT2D eigenvalue weighted by Crippen LogP contribution is 2.18. The van der Waals surface area contributed by atoms with E-state index in [0.29, 0.717) is 19.3 Å². The molecule has 0 fully saturated rings. The maximum Gasteiger partial charge on any atom is 0.306 e. The average Bonchev–Trinajstić information content (AvgIpc) is 3.38. The number of ether oxygens (including phenoxy) is 3. The lowest BCUT2D eigenvalue weighted by Gasteiger charge is -2.18. The van der Waals surface area contributed by atoms with Crippen LogP contribution in [0.25, 0.3) is 0 Å². The lowest BCUT2D eigenvalue weighted by Crippen LogP contribution is -2.30. The van der Waals surface area contributed by atoms with Gasteiger partial charge in [-0.15, -0.1) is 0 Å². The fourth-order valence-electron chi connectivity index (χ4n) is 9.57. The SMILES string of the molecule is CCCCCCC/C=C\C/C=C\C/C=C\CCCCCCCCCCCCCCCCC(=O)OCC(COC(=O)CCCCCCCCC)OC(=O)CCCCCCCCCCCCCCCCCCCC. The molecule has 1 atom stereocenters. The Balaban J connectivity index is 4.05. The summed E-state index contributed by atoms with van der Waals surface area (Å²) in [5, 5.41) is 0. The van der Waals surface area contributed by atoms with Gasteiger partial charge in [-0.2, -0.15) is 0 Å². The first-order valence-electron chi connectivity index (χ1n) is 32.0. The van der Waals surface area contributed by atoms with E-state index in [1.807, 2.05) is 0 Å². The molecule has 0 aromatic rings. The Morgan fingerprint density at radius 2 is 0.500 bits per heavy atom. The van der Waals surface area contributed by atoms with Crippen LogP contribution in [-0.4, -0.2) is 37.2 Å². The quantitative estimate of drug-likeness (QED) is 0.0261. The average molecular weight is 1010 g/mol. The molecule has 72 heavy (non-hydrogen) atoms. The van der Waals surface area contributed by atoms with E-state index >= 15 is 0 Å². The predicted octanol–water partition coefficient (Wildman–Crippen LogP) is 21.6. The smallest absolute Gasteiger partial charge is 0.306 e. The fourth-order valence-corrected chi connectivity index (χ4v) is 9.57. The van der Waals surface area contributed by atoms with Gasteiger partial charge >= 0.3 is 17.9 Å². The highest BCUT2D eigenvalue weighted by Gasteiger charge is 2.19. The predicted molar refractivity (Wildman–Crippen MR) is 312 cm³/mol. The van der Waals surface area contributed by atoms with Crippen LogP contribution in [0.3, 0.4) is 0 Å². The number of unbranched alkanes of at least 4 members (excludes halogenated alkanes) is 42. The van der Waals surface area contributed by atoms with Crippen LogP contribution < -0.4 is 0 Å². The van der Waals surface area contributed by atoms with Crippen molar-refractivity contribution in [2.45, 2.75) is 354 Å². The summed E-state index contributed by atoms with van der Waals surface area (Å²) >= 11 is 0.